The maximum atomic E-state index is 13.4. The van der Waals surface area contributed by atoms with Crippen LogP contribution < -0.4 is 14.8 Å². The molecule has 3 aromatic rings. The van der Waals surface area contributed by atoms with E-state index in [9.17, 15) is 9.59 Å². The largest absolute Gasteiger partial charge is 0.454 e. The summed E-state index contributed by atoms with van der Waals surface area (Å²) in [4.78, 5) is 27.5. The van der Waals surface area contributed by atoms with Crippen molar-refractivity contribution in [2.24, 2.45) is 5.92 Å². The highest BCUT2D eigenvalue weighted by molar-refractivity contribution is 6.02. The second-order valence-corrected chi connectivity index (χ2v) is 10.7. The summed E-state index contributed by atoms with van der Waals surface area (Å²) in [5.41, 5.74) is 5.59. The summed E-state index contributed by atoms with van der Waals surface area (Å²) in [6.45, 7) is 6.99. The minimum absolute atomic E-state index is 0.00520. The summed E-state index contributed by atoms with van der Waals surface area (Å²) in [5.74, 6) is 1.94. The third kappa shape index (κ3) is 5.19. The van der Waals surface area contributed by atoms with Gasteiger partial charge in [0.2, 0.25) is 18.6 Å². The monoisotopic (exact) mass is 498 g/mol. The number of hydrogen-bond donors (Lipinski definition) is 1. The van der Waals surface area contributed by atoms with Crippen LogP contribution in [0.1, 0.15) is 49.8 Å². The number of nitrogens with zero attached hydrogens (tertiary/aromatic N) is 1. The Hall–Kier alpha value is -3.80. The molecule has 1 N–H and O–H groups in total. The number of aryl methyl sites for hydroxylation is 1. The zero-order chi connectivity index (χ0) is 26.2. The molecule has 1 aliphatic heterocycles. The molecule has 0 radical (unpaired) electrons. The van der Waals surface area contributed by atoms with Crippen molar-refractivity contribution in [1.82, 2.24) is 4.90 Å². The van der Waals surface area contributed by atoms with E-state index in [4.69, 9.17) is 9.47 Å². The Kier molecular flexibility index (Phi) is 6.67. The van der Waals surface area contributed by atoms with E-state index in [1.165, 1.54) is 0 Å². The van der Waals surface area contributed by atoms with Gasteiger partial charge in [0.05, 0.1) is 5.41 Å². The van der Waals surface area contributed by atoms with Gasteiger partial charge in [0.15, 0.2) is 11.5 Å². The third-order valence-corrected chi connectivity index (χ3v) is 7.30. The fourth-order valence-electron chi connectivity index (χ4n) is 4.88. The van der Waals surface area contributed by atoms with Gasteiger partial charge in [-0.3, -0.25) is 9.59 Å². The van der Waals surface area contributed by atoms with Gasteiger partial charge in [-0.15, -0.1) is 0 Å². The van der Waals surface area contributed by atoms with E-state index in [1.807, 2.05) is 43.4 Å². The first-order valence-electron chi connectivity index (χ1n) is 12.9. The van der Waals surface area contributed by atoms with Gasteiger partial charge < -0.3 is 19.7 Å². The second kappa shape index (κ2) is 9.92. The van der Waals surface area contributed by atoms with Crippen LogP contribution in [0.2, 0.25) is 0 Å². The molecular weight excluding hydrogens is 464 g/mol. The average molecular weight is 499 g/mol. The number of carbonyl (C=O) groups excluding carboxylic acids is 2. The van der Waals surface area contributed by atoms with E-state index in [0.717, 1.165) is 52.1 Å². The molecule has 0 atom stereocenters. The van der Waals surface area contributed by atoms with E-state index in [-0.39, 0.29) is 18.6 Å². The predicted molar refractivity (Wildman–Crippen MR) is 145 cm³/mol. The molecule has 1 aliphatic carbocycles. The Morgan fingerprint density at radius 1 is 0.973 bits per heavy atom. The SMILES string of the molecule is Cc1ccc(NC(=O)C2(c3ccc4c(c3)OCO4)CC2)cc1-c1ccc(CN(C)C(=O)CC(C)C)cc1. The van der Waals surface area contributed by atoms with Crippen molar-refractivity contribution in [3.05, 3.63) is 77.4 Å². The lowest BCUT2D eigenvalue weighted by Gasteiger charge is -2.19. The molecule has 5 rings (SSSR count). The quantitative estimate of drug-likeness (QED) is 0.410. The summed E-state index contributed by atoms with van der Waals surface area (Å²) in [5, 5.41) is 3.16. The first kappa shape index (κ1) is 24.9. The third-order valence-electron chi connectivity index (χ3n) is 7.30. The summed E-state index contributed by atoms with van der Waals surface area (Å²) < 4.78 is 10.9. The summed E-state index contributed by atoms with van der Waals surface area (Å²) >= 11 is 0. The van der Waals surface area contributed by atoms with Crippen LogP contribution in [-0.4, -0.2) is 30.6 Å². The van der Waals surface area contributed by atoms with Gasteiger partial charge in [-0.1, -0.05) is 50.2 Å². The van der Waals surface area contributed by atoms with Crippen LogP contribution in [0.4, 0.5) is 5.69 Å². The molecule has 0 saturated heterocycles. The Bertz CT molecular complexity index is 1330. The predicted octanol–water partition coefficient (Wildman–Crippen LogP) is 6.07. The van der Waals surface area contributed by atoms with Crippen molar-refractivity contribution in [2.75, 3.05) is 19.2 Å². The molecule has 192 valence electrons. The lowest BCUT2D eigenvalue weighted by atomic mass is 9.94. The van der Waals surface area contributed by atoms with Gasteiger partial charge in [0.1, 0.15) is 0 Å². The molecule has 2 amide bonds. The zero-order valence-corrected chi connectivity index (χ0v) is 22.0. The lowest BCUT2D eigenvalue weighted by molar-refractivity contribution is -0.131. The van der Waals surface area contributed by atoms with Crippen molar-refractivity contribution >= 4 is 17.5 Å². The number of fused-ring (bicyclic) bond motifs is 1. The number of hydrogen-bond acceptors (Lipinski definition) is 4. The van der Waals surface area contributed by atoms with Crippen LogP contribution in [0.25, 0.3) is 11.1 Å². The molecule has 0 unspecified atom stereocenters. The number of amides is 2. The number of anilines is 1. The van der Waals surface area contributed by atoms with Gasteiger partial charge in [0, 0.05) is 25.7 Å². The van der Waals surface area contributed by atoms with Crippen LogP contribution in [0, 0.1) is 12.8 Å². The first-order chi connectivity index (χ1) is 17.7. The molecule has 3 aromatic carbocycles. The summed E-state index contributed by atoms with van der Waals surface area (Å²) in [7, 11) is 1.85. The number of benzene rings is 3. The standard InChI is InChI=1S/C31H34N2O4/c1-20(2)15-29(34)33(4)18-22-6-8-23(9-7-22)26-17-25(11-5-21(26)3)32-30(35)31(13-14-31)24-10-12-27-28(16-24)37-19-36-27/h5-12,16-17,20H,13-15,18-19H2,1-4H3,(H,32,35). The minimum Gasteiger partial charge on any atom is -0.454 e. The van der Waals surface area contributed by atoms with Crippen LogP contribution >= 0.6 is 0 Å². The van der Waals surface area contributed by atoms with Gasteiger partial charge in [0.25, 0.3) is 0 Å². The topological polar surface area (TPSA) is 67.9 Å². The van der Waals surface area contributed by atoms with Crippen molar-refractivity contribution < 1.29 is 19.1 Å². The van der Waals surface area contributed by atoms with Gasteiger partial charge >= 0.3 is 0 Å². The fourth-order valence-corrected chi connectivity index (χ4v) is 4.88. The normalized spacial score (nSPS) is 14.9. The smallest absolute Gasteiger partial charge is 0.235 e. The minimum atomic E-state index is -0.521. The molecule has 1 heterocycles. The summed E-state index contributed by atoms with van der Waals surface area (Å²) in [6.07, 6.45) is 2.18. The van der Waals surface area contributed by atoms with Crippen molar-refractivity contribution in [3.8, 4) is 22.6 Å². The molecule has 6 heteroatoms. The highest BCUT2D eigenvalue weighted by Gasteiger charge is 2.51. The van der Waals surface area contributed by atoms with Crippen LogP contribution in [-0.2, 0) is 21.5 Å². The number of nitrogens with one attached hydrogen (secondary N) is 1. The Labute approximate surface area is 218 Å². The maximum absolute atomic E-state index is 13.4. The highest BCUT2D eigenvalue weighted by atomic mass is 16.7. The molecule has 37 heavy (non-hydrogen) atoms. The number of ether oxygens (including phenoxy) is 2. The second-order valence-electron chi connectivity index (χ2n) is 10.7. The van der Waals surface area contributed by atoms with Gasteiger partial charge in [-0.25, -0.2) is 0 Å². The van der Waals surface area contributed by atoms with E-state index in [0.29, 0.717) is 24.6 Å². The molecule has 0 bridgehead atoms. The molecule has 0 spiro atoms. The van der Waals surface area contributed by atoms with Gasteiger partial charge in [-0.2, -0.15) is 0 Å². The van der Waals surface area contributed by atoms with E-state index in [1.54, 1.807) is 4.90 Å². The highest BCUT2D eigenvalue weighted by Crippen LogP contribution is 2.51. The number of carbonyl (C=O) groups is 2. The van der Waals surface area contributed by atoms with Crippen molar-refractivity contribution in [2.45, 2.75) is 52.0 Å². The van der Waals surface area contributed by atoms with E-state index >= 15 is 0 Å². The molecule has 1 saturated carbocycles. The van der Waals surface area contributed by atoms with Crippen LogP contribution in [0.3, 0.4) is 0 Å². The van der Waals surface area contributed by atoms with Gasteiger partial charge in [-0.05, 0) is 77.8 Å². The van der Waals surface area contributed by atoms with Crippen LogP contribution in [0.15, 0.2) is 60.7 Å². The molecule has 0 aromatic heterocycles. The molecule has 6 nitrogen and oxygen atoms in total. The molecular formula is C31H34N2O4. The van der Waals surface area contributed by atoms with Crippen LogP contribution in [0.5, 0.6) is 11.5 Å². The molecule has 1 fully saturated rings. The Morgan fingerprint density at radius 2 is 1.70 bits per heavy atom. The lowest BCUT2D eigenvalue weighted by Crippen LogP contribution is -2.27. The van der Waals surface area contributed by atoms with Crippen molar-refractivity contribution in [1.29, 1.82) is 0 Å². The summed E-state index contributed by atoms with van der Waals surface area (Å²) in [6, 6.07) is 20.1. The number of rotatable bonds is 8. The Morgan fingerprint density at radius 3 is 2.41 bits per heavy atom. The molecule has 2 aliphatic rings. The maximum Gasteiger partial charge on any atom is 0.235 e. The van der Waals surface area contributed by atoms with Crippen molar-refractivity contribution in [3.63, 3.8) is 0 Å². The van der Waals surface area contributed by atoms with E-state index in [2.05, 4.69) is 50.4 Å². The zero-order valence-electron chi connectivity index (χ0n) is 22.0. The first-order valence-corrected chi connectivity index (χ1v) is 12.9. The fraction of sp³-hybridized carbons (Fsp3) is 0.355. The Balaban J connectivity index is 1.29. The van der Waals surface area contributed by atoms with E-state index < -0.39 is 5.41 Å². The average Bonchev–Trinajstić information content (AvgIpc) is 3.56.